The molecule has 17 heavy (non-hydrogen) atoms. The van der Waals surface area contributed by atoms with Crippen molar-refractivity contribution in [2.45, 2.75) is 18.8 Å². The van der Waals surface area contributed by atoms with Gasteiger partial charge in [-0.3, -0.25) is 9.78 Å². The predicted molar refractivity (Wildman–Crippen MR) is 66.1 cm³/mol. The Balaban J connectivity index is 1.97. The second-order valence-corrected chi connectivity index (χ2v) is 4.47. The average Bonchev–Trinajstić information content (AvgIpc) is 2.40. The fourth-order valence-corrected chi connectivity index (χ4v) is 2.51. The molecule has 2 heteroatoms. The molecule has 0 fully saturated rings. The highest BCUT2D eigenvalue weighted by Crippen LogP contribution is 2.32. The first kappa shape index (κ1) is 10.2. The highest BCUT2D eigenvalue weighted by Gasteiger charge is 2.25. The molecule has 0 N–H and O–H groups in total. The standard InChI is InChI=1S/C15H13NO/c17-15-10-13(11-5-7-16-8-6-11)9-12-3-1-2-4-14(12)15/h1-8,13H,9-10H2. The Morgan fingerprint density at radius 2 is 1.76 bits per heavy atom. The number of rotatable bonds is 1. The van der Waals surface area contributed by atoms with E-state index in [2.05, 4.69) is 11.1 Å². The Morgan fingerprint density at radius 3 is 2.59 bits per heavy atom. The third-order valence-corrected chi connectivity index (χ3v) is 3.39. The van der Waals surface area contributed by atoms with E-state index in [1.807, 2.05) is 30.3 Å². The fourth-order valence-electron chi connectivity index (χ4n) is 2.51. The molecule has 0 spiro atoms. The summed E-state index contributed by atoms with van der Waals surface area (Å²) in [6.45, 7) is 0. The predicted octanol–water partition coefficient (Wildman–Crippen LogP) is 2.99. The van der Waals surface area contributed by atoms with Gasteiger partial charge in [0.15, 0.2) is 5.78 Å². The minimum Gasteiger partial charge on any atom is -0.294 e. The van der Waals surface area contributed by atoms with Gasteiger partial charge in [-0.25, -0.2) is 0 Å². The summed E-state index contributed by atoms with van der Waals surface area (Å²) in [5.74, 6) is 0.564. The number of Topliss-reactive ketones (excluding diaryl/α,β-unsaturated/α-hetero) is 1. The molecule has 0 amide bonds. The van der Waals surface area contributed by atoms with Crippen LogP contribution in [0.4, 0.5) is 0 Å². The van der Waals surface area contributed by atoms with Gasteiger partial charge in [0.2, 0.25) is 0 Å². The number of hydrogen-bond acceptors (Lipinski definition) is 2. The van der Waals surface area contributed by atoms with E-state index in [-0.39, 0.29) is 5.78 Å². The molecule has 0 bridgehead atoms. The van der Waals surface area contributed by atoms with Crippen molar-refractivity contribution in [2.24, 2.45) is 0 Å². The maximum absolute atomic E-state index is 12.1. The smallest absolute Gasteiger partial charge is 0.163 e. The van der Waals surface area contributed by atoms with E-state index >= 15 is 0 Å². The van der Waals surface area contributed by atoms with Gasteiger partial charge in [-0.05, 0) is 35.6 Å². The molecule has 1 unspecified atom stereocenters. The first-order valence-corrected chi connectivity index (χ1v) is 5.85. The van der Waals surface area contributed by atoms with E-state index in [0.29, 0.717) is 12.3 Å². The maximum Gasteiger partial charge on any atom is 0.163 e. The van der Waals surface area contributed by atoms with Crippen LogP contribution in [-0.2, 0) is 6.42 Å². The molecule has 1 aromatic carbocycles. The molecule has 1 atom stereocenters. The summed E-state index contributed by atoms with van der Waals surface area (Å²) >= 11 is 0. The van der Waals surface area contributed by atoms with Crippen LogP contribution in [0.25, 0.3) is 0 Å². The van der Waals surface area contributed by atoms with Crippen molar-refractivity contribution in [3.05, 3.63) is 65.5 Å². The molecule has 2 aromatic rings. The zero-order chi connectivity index (χ0) is 11.7. The Bertz CT molecular complexity index is 548. The molecule has 1 aliphatic carbocycles. The molecule has 0 radical (unpaired) electrons. The third-order valence-electron chi connectivity index (χ3n) is 3.39. The lowest BCUT2D eigenvalue weighted by atomic mass is 9.80. The number of aromatic nitrogens is 1. The number of fused-ring (bicyclic) bond motifs is 1. The molecule has 0 saturated carbocycles. The summed E-state index contributed by atoms with van der Waals surface area (Å²) in [6.07, 6.45) is 5.15. The van der Waals surface area contributed by atoms with Crippen LogP contribution < -0.4 is 0 Å². The van der Waals surface area contributed by atoms with Gasteiger partial charge in [0.05, 0.1) is 0 Å². The number of pyridine rings is 1. The van der Waals surface area contributed by atoms with Crippen molar-refractivity contribution in [1.82, 2.24) is 4.98 Å². The molecular formula is C15H13NO. The monoisotopic (exact) mass is 223 g/mol. The first-order valence-electron chi connectivity index (χ1n) is 5.85. The number of carbonyl (C=O) groups excluding carboxylic acids is 1. The Kier molecular flexibility index (Phi) is 2.48. The lowest BCUT2D eigenvalue weighted by Crippen LogP contribution is -2.18. The zero-order valence-corrected chi connectivity index (χ0v) is 9.47. The number of nitrogens with zero attached hydrogens (tertiary/aromatic N) is 1. The van der Waals surface area contributed by atoms with E-state index in [0.717, 1.165) is 12.0 Å². The van der Waals surface area contributed by atoms with Crippen molar-refractivity contribution < 1.29 is 4.79 Å². The molecular weight excluding hydrogens is 210 g/mol. The summed E-state index contributed by atoms with van der Waals surface area (Å²) in [5, 5.41) is 0. The molecule has 0 saturated heterocycles. The lowest BCUT2D eigenvalue weighted by molar-refractivity contribution is 0.0964. The molecule has 1 heterocycles. The lowest BCUT2D eigenvalue weighted by Gasteiger charge is -2.23. The van der Waals surface area contributed by atoms with E-state index in [1.54, 1.807) is 12.4 Å². The Morgan fingerprint density at radius 1 is 1.00 bits per heavy atom. The van der Waals surface area contributed by atoms with Crippen molar-refractivity contribution in [3.8, 4) is 0 Å². The van der Waals surface area contributed by atoms with Crippen LogP contribution in [0, 0.1) is 0 Å². The number of hydrogen-bond donors (Lipinski definition) is 0. The molecule has 1 aromatic heterocycles. The summed E-state index contributed by atoms with van der Waals surface area (Å²) < 4.78 is 0. The number of benzene rings is 1. The first-order chi connectivity index (χ1) is 8.34. The molecule has 2 nitrogen and oxygen atoms in total. The van der Waals surface area contributed by atoms with Crippen molar-refractivity contribution >= 4 is 5.78 Å². The quantitative estimate of drug-likeness (QED) is 0.744. The van der Waals surface area contributed by atoms with E-state index in [9.17, 15) is 4.79 Å². The maximum atomic E-state index is 12.1. The van der Waals surface area contributed by atoms with Gasteiger partial charge in [0, 0.05) is 24.4 Å². The fraction of sp³-hybridized carbons (Fsp3) is 0.200. The van der Waals surface area contributed by atoms with Gasteiger partial charge < -0.3 is 0 Å². The molecule has 1 aliphatic rings. The van der Waals surface area contributed by atoms with Gasteiger partial charge in [0.1, 0.15) is 0 Å². The summed E-state index contributed by atoms with van der Waals surface area (Å²) in [4.78, 5) is 16.1. The van der Waals surface area contributed by atoms with Gasteiger partial charge in [-0.2, -0.15) is 0 Å². The van der Waals surface area contributed by atoms with Crippen molar-refractivity contribution in [3.63, 3.8) is 0 Å². The van der Waals surface area contributed by atoms with Crippen LogP contribution in [0.15, 0.2) is 48.8 Å². The van der Waals surface area contributed by atoms with Crippen molar-refractivity contribution in [2.75, 3.05) is 0 Å². The van der Waals surface area contributed by atoms with Gasteiger partial charge in [-0.1, -0.05) is 24.3 Å². The van der Waals surface area contributed by atoms with Crippen LogP contribution in [-0.4, -0.2) is 10.8 Å². The Labute approximate surface area is 100 Å². The minimum atomic E-state index is 0.258. The van der Waals surface area contributed by atoms with E-state index in [1.165, 1.54) is 11.1 Å². The average molecular weight is 223 g/mol. The van der Waals surface area contributed by atoms with Crippen molar-refractivity contribution in [1.29, 1.82) is 0 Å². The van der Waals surface area contributed by atoms with Crippen LogP contribution in [0.3, 0.4) is 0 Å². The second kappa shape index (κ2) is 4.13. The minimum absolute atomic E-state index is 0.258. The largest absolute Gasteiger partial charge is 0.294 e. The Hall–Kier alpha value is -1.96. The van der Waals surface area contributed by atoms with Crippen LogP contribution in [0.5, 0.6) is 0 Å². The molecule has 3 rings (SSSR count). The SMILES string of the molecule is O=C1CC(c2ccncc2)Cc2ccccc21. The summed E-state index contributed by atoms with van der Waals surface area (Å²) in [6, 6.07) is 11.9. The summed E-state index contributed by atoms with van der Waals surface area (Å²) in [7, 11) is 0. The number of carbonyl (C=O) groups is 1. The third kappa shape index (κ3) is 1.86. The van der Waals surface area contributed by atoms with E-state index < -0.39 is 0 Å². The second-order valence-electron chi connectivity index (χ2n) is 4.47. The normalized spacial score (nSPS) is 18.8. The molecule has 84 valence electrons. The van der Waals surface area contributed by atoms with Crippen LogP contribution in [0.2, 0.25) is 0 Å². The molecule has 0 aliphatic heterocycles. The van der Waals surface area contributed by atoms with Gasteiger partial charge in [0.25, 0.3) is 0 Å². The zero-order valence-electron chi connectivity index (χ0n) is 9.47. The van der Waals surface area contributed by atoms with Gasteiger partial charge in [-0.15, -0.1) is 0 Å². The highest BCUT2D eigenvalue weighted by atomic mass is 16.1. The number of ketones is 1. The van der Waals surface area contributed by atoms with Gasteiger partial charge >= 0.3 is 0 Å². The topological polar surface area (TPSA) is 30.0 Å². The van der Waals surface area contributed by atoms with Crippen LogP contribution >= 0.6 is 0 Å². The van der Waals surface area contributed by atoms with E-state index in [4.69, 9.17) is 0 Å². The van der Waals surface area contributed by atoms with Crippen LogP contribution in [0.1, 0.15) is 33.8 Å². The summed E-state index contributed by atoms with van der Waals surface area (Å²) in [5.41, 5.74) is 3.28. The highest BCUT2D eigenvalue weighted by molar-refractivity contribution is 5.99.